The van der Waals surface area contributed by atoms with Crippen LogP contribution in [0.2, 0.25) is 0 Å². The first kappa shape index (κ1) is 28.7. The molecule has 2 aliphatic heterocycles. The van der Waals surface area contributed by atoms with E-state index >= 15 is 0 Å². The third-order valence-corrected chi connectivity index (χ3v) is 8.65. The third-order valence-electron chi connectivity index (χ3n) is 6.01. The maximum Gasteiger partial charge on any atom is 0.475 e. The first-order valence-electron chi connectivity index (χ1n) is 11.8. The van der Waals surface area contributed by atoms with Crippen molar-refractivity contribution in [1.29, 1.82) is 0 Å². The summed E-state index contributed by atoms with van der Waals surface area (Å²) in [6.45, 7) is 6.58. The van der Waals surface area contributed by atoms with Crippen molar-refractivity contribution in [1.82, 2.24) is 24.8 Å². The molecule has 38 heavy (non-hydrogen) atoms. The summed E-state index contributed by atoms with van der Waals surface area (Å²) in [5.41, 5.74) is 3.97. The standard InChI is InChI=1S/C21H31N6O9PS/c1-5-32-19(29)24-10-20(2,3)17(28)38-7-6-33-37(31)34-9-13-14(36-37)21(4,30)16(35-13)27-11-25-12-8-23-18(22)26-15(12)27/h8,11,13-14,16,30H,5-7,9-10H2,1-4H3,(H,24,29)(H2,22,23,26)/t13-,14-,16-,21-,37?/m1/s1. The summed E-state index contributed by atoms with van der Waals surface area (Å²) in [4.78, 5) is 36.3. The first-order valence-corrected chi connectivity index (χ1v) is 14.3. The Bertz CT molecular complexity index is 1240. The largest absolute Gasteiger partial charge is 0.475 e. The van der Waals surface area contributed by atoms with E-state index in [0.717, 1.165) is 11.8 Å². The zero-order chi connectivity index (χ0) is 27.7. The number of amides is 1. The Balaban J connectivity index is 1.32. The van der Waals surface area contributed by atoms with E-state index in [0.29, 0.717) is 11.2 Å². The lowest BCUT2D eigenvalue weighted by Crippen LogP contribution is -2.47. The number of carbonyl (C=O) groups is 2. The molecular weight excluding hydrogens is 543 g/mol. The van der Waals surface area contributed by atoms with Gasteiger partial charge in [0.15, 0.2) is 17.0 Å². The normalized spacial score (nSPS) is 29.2. The number of aliphatic hydroxyl groups is 1. The minimum Gasteiger partial charge on any atom is -0.450 e. The molecule has 210 valence electrons. The molecule has 0 aromatic carbocycles. The highest BCUT2D eigenvalue weighted by Gasteiger charge is 2.60. The number of phosphoric ester groups is 1. The zero-order valence-electron chi connectivity index (χ0n) is 21.4. The average Bonchev–Trinajstić information content (AvgIpc) is 3.37. The first-order chi connectivity index (χ1) is 17.9. The number of nitrogen functional groups attached to an aromatic ring is 1. The molecule has 0 aliphatic carbocycles. The fourth-order valence-corrected chi connectivity index (χ4v) is 6.39. The van der Waals surface area contributed by atoms with Gasteiger partial charge in [-0.3, -0.25) is 22.9 Å². The van der Waals surface area contributed by atoms with Crippen molar-refractivity contribution in [3.8, 4) is 0 Å². The molecule has 0 radical (unpaired) electrons. The number of nitrogens with one attached hydrogen (secondary N) is 1. The van der Waals surface area contributed by atoms with Gasteiger partial charge in [0.1, 0.15) is 23.3 Å². The van der Waals surface area contributed by atoms with Gasteiger partial charge in [0.25, 0.3) is 0 Å². The quantitative estimate of drug-likeness (QED) is 0.288. The molecule has 0 saturated carbocycles. The summed E-state index contributed by atoms with van der Waals surface area (Å²) < 4.78 is 41.8. The van der Waals surface area contributed by atoms with Gasteiger partial charge in [-0.2, -0.15) is 4.98 Å². The Hall–Kier alpha value is -2.33. The third kappa shape index (κ3) is 5.96. The molecule has 2 aliphatic rings. The highest BCUT2D eigenvalue weighted by Crippen LogP contribution is 2.58. The molecule has 15 nitrogen and oxygen atoms in total. The highest BCUT2D eigenvalue weighted by atomic mass is 32.2. The predicted octanol–water partition coefficient (Wildman–Crippen LogP) is 1.63. The summed E-state index contributed by atoms with van der Waals surface area (Å²) >= 11 is 0.961. The van der Waals surface area contributed by atoms with Gasteiger partial charge < -0.3 is 25.6 Å². The zero-order valence-corrected chi connectivity index (χ0v) is 23.1. The van der Waals surface area contributed by atoms with Crippen molar-refractivity contribution in [3.05, 3.63) is 12.5 Å². The molecule has 4 N–H and O–H groups in total. The van der Waals surface area contributed by atoms with Gasteiger partial charge in [0.2, 0.25) is 5.95 Å². The van der Waals surface area contributed by atoms with Crippen LogP contribution < -0.4 is 11.1 Å². The summed E-state index contributed by atoms with van der Waals surface area (Å²) in [6.07, 6.45) is -0.507. The van der Waals surface area contributed by atoms with Crippen LogP contribution in [0, 0.1) is 5.41 Å². The molecule has 0 spiro atoms. The fourth-order valence-electron chi connectivity index (χ4n) is 3.98. The maximum atomic E-state index is 13.1. The number of alkyl carbamates (subject to hydrolysis) is 1. The smallest absolute Gasteiger partial charge is 0.450 e. The minimum atomic E-state index is -4.07. The fraction of sp³-hybridized carbons (Fsp3) is 0.667. The van der Waals surface area contributed by atoms with Crippen molar-refractivity contribution in [2.45, 2.75) is 51.7 Å². The van der Waals surface area contributed by atoms with E-state index in [4.69, 9.17) is 28.8 Å². The van der Waals surface area contributed by atoms with Crippen molar-refractivity contribution in [2.24, 2.45) is 5.41 Å². The second-order valence-corrected chi connectivity index (χ2v) is 12.2. The van der Waals surface area contributed by atoms with E-state index in [1.54, 1.807) is 20.8 Å². The number of hydrogen-bond acceptors (Lipinski definition) is 14. The van der Waals surface area contributed by atoms with Gasteiger partial charge >= 0.3 is 13.9 Å². The van der Waals surface area contributed by atoms with Gasteiger partial charge in [-0.05, 0) is 13.8 Å². The lowest BCUT2D eigenvalue weighted by molar-refractivity contribution is -0.117. The van der Waals surface area contributed by atoms with E-state index in [1.807, 2.05) is 0 Å². The predicted molar refractivity (Wildman–Crippen MR) is 135 cm³/mol. The number of ether oxygens (including phenoxy) is 2. The van der Waals surface area contributed by atoms with Crippen LogP contribution in [0.15, 0.2) is 12.5 Å². The molecule has 1 unspecified atom stereocenters. The SMILES string of the molecule is CCOC(=O)NCC(C)(C)C(=O)SCCOP1(=O)OC[C@H]2O[C@@H](n3cnc4cnc(N)nc43)[C@](C)(O)[C@@H]2O1. The molecule has 2 aromatic heterocycles. The monoisotopic (exact) mass is 574 g/mol. The molecule has 4 rings (SSSR count). The molecule has 17 heteroatoms. The Labute approximate surface area is 222 Å². The van der Waals surface area contributed by atoms with Crippen molar-refractivity contribution < 1.29 is 42.3 Å². The number of nitrogens with two attached hydrogens (primary N) is 1. The number of nitrogens with zero attached hydrogens (tertiary/aromatic N) is 4. The van der Waals surface area contributed by atoms with Crippen LogP contribution in [0.1, 0.15) is 33.9 Å². The number of carbonyl (C=O) groups excluding carboxylic acids is 2. The molecule has 2 saturated heterocycles. The number of thioether (sulfide) groups is 1. The average molecular weight is 575 g/mol. The molecule has 2 aromatic rings. The van der Waals surface area contributed by atoms with Gasteiger partial charge in [-0.25, -0.2) is 19.3 Å². The van der Waals surface area contributed by atoms with Crippen LogP contribution in [-0.2, 0) is 32.4 Å². The van der Waals surface area contributed by atoms with E-state index in [-0.39, 0.29) is 43.2 Å². The van der Waals surface area contributed by atoms with E-state index in [1.165, 1.54) is 24.0 Å². The molecule has 2 fully saturated rings. The minimum absolute atomic E-state index is 0.0294. The molecule has 4 heterocycles. The van der Waals surface area contributed by atoms with E-state index in [9.17, 15) is 19.3 Å². The Kier molecular flexibility index (Phi) is 8.33. The van der Waals surface area contributed by atoms with E-state index < -0.39 is 43.4 Å². The second-order valence-electron chi connectivity index (χ2n) is 9.54. The van der Waals surface area contributed by atoms with Crippen LogP contribution in [0.5, 0.6) is 0 Å². The van der Waals surface area contributed by atoms with Gasteiger partial charge in [-0.15, -0.1) is 0 Å². The van der Waals surface area contributed by atoms with Crippen molar-refractivity contribution >= 4 is 47.9 Å². The maximum absolute atomic E-state index is 13.1. The summed E-state index contributed by atoms with van der Waals surface area (Å²) in [7, 11) is -4.07. The summed E-state index contributed by atoms with van der Waals surface area (Å²) in [6, 6.07) is 0. The lowest BCUT2D eigenvalue weighted by Gasteiger charge is -2.35. The number of phosphoric acid groups is 1. The van der Waals surface area contributed by atoms with Crippen LogP contribution in [0.3, 0.4) is 0 Å². The molecule has 0 bridgehead atoms. The topological polar surface area (TPSA) is 199 Å². The summed E-state index contributed by atoms with van der Waals surface area (Å²) in [5, 5.41) is 13.7. The van der Waals surface area contributed by atoms with Crippen molar-refractivity contribution in [2.75, 3.05) is 37.9 Å². The van der Waals surface area contributed by atoms with Gasteiger partial charge in [0.05, 0.1) is 37.8 Å². The number of hydrogen-bond donors (Lipinski definition) is 3. The van der Waals surface area contributed by atoms with Gasteiger partial charge in [-0.1, -0.05) is 25.6 Å². The van der Waals surface area contributed by atoms with Crippen LogP contribution >= 0.6 is 19.6 Å². The lowest BCUT2D eigenvalue weighted by atomic mass is 9.96. The van der Waals surface area contributed by atoms with Crippen LogP contribution in [0.4, 0.5) is 10.7 Å². The number of anilines is 1. The van der Waals surface area contributed by atoms with Crippen molar-refractivity contribution in [3.63, 3.8) is 0 Å². The second kappa shape index (κ2) is 11.0. The van der Waals surface area contributed by atoms with E-state index in [2.05, 4.69) is 20.3 Å². The number of rotatable bonds is 9. The van der Waals surface area contributed by atoms with Gasteiger partial charge in [0, 0.05) is 12.3 Å². The number of fused-ring (bicyclic) bond motifs is 2. The molecule has 5 atom stereocenters. The van der Waals surface area contributed by atoms with Crippen LogP contribution in [0.25, 0.3) is 11.2 Å². The number of imidazole rings is 1. The molecular formula is C21H31N6O9PS. The Morgan fingerprint density at radius 3 is 2.92 bits per heavy atom. The Morgan fingerprint density at radius 2 is 2.18 bits per heavy atom. The Morgan fingerprint density at radius 1 is 1.42 bits per heavy atom. The molecule has 1 amide bonds. The highest BCUT2D eigenvalue weighted by molar-refractivity contribution is 8.13. The van der Waals surface area contributed by atoms with Crippen LogP contribution in [-0.4, -0.2) is 85.8 Å². The number of aromatic nitrogens is 4. The summed E-state index contributed by atoms with van der Waals surface area (Å²) in [5.74, 6) is 0.186.